The number of nitrogens with two attached hydrogens (primary N) is 1. The predicted octanol–water partition coefficient (Wildman–Crippen LogP) is 0.973. The Morgan fingerprint density at radius 1 is 1.45 bits per heavy atom. The smallest absolute Gasteiger partial charge is 0.266 e. The molecule has 0 atom stereocenters. The molecule has 2 rings (SSSR count). The first kappa shape index (κ1) is 14.5. The lowest BCUT2D eigenvalue weighted by molar-refractivity contribution is 0.0514. The van der Waals surface area contributed by atoms with Gasteiger partial charge in [0.2, 0.25) is 0 Å². The molecule has 0 spiro atoms. The third kappa shape index (κ3) is 2.83. The van der Waals surface area contributed by atoms with E-state index in [1.54, 1.807) is 0 Å². The topological polar surface area (TPSA) is 92.3 Å². The van der Waals surface area contributed by atoms with Gasteiger partial charge in [-0.15, -0.1) is 11.3 Å². The average molecular weight is 302 g/mol. The van der Waals surface area contributed by atoms with Crippen LogP contribution < -0.4 is 5.73 Å². The van der Waals surface area contributed by atoms with Crippen LogP contribution in [0.1, 0.15) is 9.67 Å². The van der Waals surface area contributed by atoms with Crippen LogP contribution in [0.5, 0.6) is 0 Å². The highest BCUT2D eigenvalue weighted by Crippen LogP contribution is 2.31. The van der Waals surface area contributed by atoms with Gasteiger partial charge < -0.3 is 15.7 Å². The number of carbonyl (C=O) groups is 1. The maximum Gasteiger partial charge on any atom is 0.266 e. The lowest BCUT2D eigenvalue weighted by atomic mass is 10.3. The van der Waals surface area contributed by atoms with Gasteiger partial charge in [0.25, 0.3) is 12.3 Å². The number of aliphatic hydroxyl groups is 1. The molecule has 0 fully saturated rings. The van der Waals surface area contributed by atoms with Gasteiger partial charge in [0, 0.05) is 18.9 Å². The molecule has 0 saturated carbocycles. The highest BCUT2D eigenvalue weighted by atomic mass is 32.1. The third-order valence-corrected chi connectivity index (χ3v) is 3.66. The Morgan fingerprint density at radius 2 is 2.15 bits per heavy atom. The summed E-state index contributed by atoms with van der Waals surface area (Å²) in [6.07, 6.45) is 0.207. The summed E-state index contributed by atoms with van der Waals surface area (Å²) < 4.78 is 24.9. The van der Waals surface area contributed by atoms with Crippen molar-refractivity contribution in [2.45, 2.75) is 6.43 Å². The Kier molecular flexibility index (Phi) is 4.40. The minimum atomic E-state index is -2.68. The molecule has 1 amide bonds. The number of aliphatic hydroxyl groups excluding tert-OH is 1. The minimum Gasteiger partial charge on any atom is -0.396 e. The Hall–Kier alpha value is -1.87. The maximum atomic E-state index is 12.5. The number of nitrogens with zero attached hydrogens (tertiary/aromatic N) is 3. The summed E-state index contributed by atoms with van der Waals surface area (Å²) in [4.78, 5) is 21.7. The molecule has 2 aromatic heterocycles. The Labute approximate surface area is 116 Å². The van der Waals surface area contributed by atoms with E-state index in [-0.39, 0.29) is 17.1 Å². The number of aromatic nitrogens is 2. The second-order valence-corrected chi connectivity index (χ2v) is 4.92. The fourth-order valence-electron chi connectivity index (χ4n) is 1.71. The van der Waals surface area contributed by atoms with Crippen molar-refractivity contribution >= 4 is 33.3 Å². The van der Waals surface area contributed by atoms with Crippen molar-refractivity contribution in [1.29, 1.82) is 0 Å². The summed E-state index contributed by atoms with van der Waals surface area (Å²) in [5.74, 6) is -0.651. The zero-order valence-electron chi connectivity index (χ0n) is 10.3. The van der Waals surface area contributed by atoms with E-state index < -0.39 is 25.5 Å². The van der Waals surface area contributed by atoms with Crippen molar-refractivity contribution < 1.29 is 18.7 Å². The van der Waals surface area contributed by atoms with Gasteiger partial charge >= 0.3 is 0 Å². The Balaban J connectivity index is 2.35. The monoisotopic (exact) mass is 302 g/mol. The number of hydrogen-bond donors (Lipinski definition) is 2. The first-order chi connectivity index (χ1) is 9.54. The Morgan fingerprint density at radius 3 is 2.75 bits per heavy atom. The van der Waals surface area contributed by atoms with Crippen molar-refractivity contribution in [2.75, 3.05) is 25.4 Å². The summed E-state index contributed by atoms with van der Waals surface area (Å²) >= 11 is 0.997. The van der Waals surface area contributed by atoms with Crippen LogP contribution >= 0.6 is 11.3 Å². The number of alkyl halides is 2. The molecule has 9 heteroatoms. The lowest BCUT2D eigenvalue weighted by Gasteiger charge is -2.20. The van der Waals surface area contributed by atoms with Crippen molar-refractivity contribution in [3.63, 3.8) is 0 Å². The number of rotatable bonds is 5. The van der Waals surface area contributed by atoms with Crippen molar-refractivity contribution in [3.05, 3.63) is 17.3 Å². The molecule has 6 nitrogen and oxygen atoms in total. The van der Waals surface area contributed by atoms with Gasteiger partial charge in [-0.25, -0.2) is 18.7 Å². The second-order valence-electron chi connectivity index (χ2n) is 3.92. The third-order valence-electron chi connectivity index (χ3n) is 2.57. The van der Waals surface area contributed by atoms with E-state index in [0.29, 0.717) is 10.3 Å². The van der Waals surface area contributed by atoms with Crippen molar-refractivity contribution in [3.8, 4) is 0 Å². The number of thiophene rings is 1. The standard InChI is InChI=1S/C11H12F2N4O2S/c12-6(13)5-17(3-4-18)11(19)9-7(14)8-10(20-9)16-2-1-15-8/h1-2,6,18H,3-5,14H2. The van der Waals surface area contributed by atoms with Gasteiger partial charge in [-0.05, 0) is 0 Å². The highest BCUT2D eigenvalue weighted by molar-refractivity contribution is 7.21. The molecular formula is C11H12F2N4O2S. The minimum absolute atomic E-state index is 0.111. The number of nitrogen functional groups attached to an aromatic ring is 1. The van der Waals surface area contributed by atoms with E-state index in [2.05, 4.69) is 9.97 Å². The molecule has 0 radical (unpaired) electrons. The van der Waals surface area contributed by atoms with Gasteiger partial charge in [0.15, 0.2) is 0 Å². The molecule has 0 aliphatic heterocycles. The summed E-state index contributed by atoms with van der Waals surface area (Å²) in [6.45, 7) is -1.34. The molecule has 3 N–H and O–H groups in total. The average Bonchev–Trinajstić information content (AvgIpc) is 2.75. The van der Waals surface area contributed by atoms with E-state index >= 15 is 0 Å². The molecule has 0 aliphatic carbocycles. The molecule has 108 valence electrons. The molecule has 0 unspecified atom stereocenters. The van der Waals surface area contributed by atoms with Crippen LogP contribution in [0.3, 0.4) is 0 Å². The number of hydrogen-bond acceptors (Lipinski definition) is 6. The number of carbonyl (C=O) groups excluding carboxylic acids is 1. The quantitative estimate of drug-likeness (QED) is 0.858. The van der Waals surface area contributed by atoms with Crippen LogP contribution in [0.25, 0.3) is 10.3 Å². The summed E-state index contributed by atoms with van der Waals surface area (Å²) in [6, 6.07) is 0. The maximum absolute atomic E-state index is 12.5. The first-order valence-electron chi connectivity index (χ1n) is 5.71. The zero-order chi connectivity index (χ0) is 14.7. The zero-order valence-corrected chi connectivity index (χ0v) is 11.1. The number of halogens is 2. The van der Waals surface area contributed by atoms with Crippen molar-refractivity contribution in [1.82, 2.24) is 14.9 Å². The van der Waals surface area contributed by atoms with Crippen LogP contribution in [0, 0.1) is 0 Å². The fourth-order valence-corrected chi connectivity index (χ4v) is 2.70. The molecule has 0 saturated heterocycles. The number of amides is 1. The van der Waals surface area contributed by atoms with Crippen LogP contribution in [0.2, 0.25) is 0 Å². The van der Waals surface area contributed by atoms with Crippen LogP contribution in [-0.4, -0.2) is 52.0 Å². The second kappa shape index (κ2) is 6.06. The molecular weight excluding hydrogens is 290 g/mol. The predicted molar refractivity (Wildman–Crippen MR) is 70.8 cm³/mol. The largest absolute Gasteiger partial charge is 0.396 e. The first-order valence-corrected chi connectivity index (χ1v) is 6.53. The van der Waals surface area contributed by atoms with Gasteiger partial charge in [0.1, 0.15) is 15.2 Å². The van der Waals surface area contributed by atoms with E-state index in [1.165, 1.54) is 12.4 Å². The van der Waals surface area contributed by atoms with Gasteiger partial charge in [0.05, 0.1) is 18.8 Å². The summed E-state index contributed by atoms with van der Waals surface area (Å²) in [5.41, 5.74) is 6.32. The molecule has 20 heavy (non-hydrogen) atoms. The van der Waals surface area contributed by atoms with E-state index in [1.807, 2.05) is 0 Å². The Bertz CT molecular complexity index is 619. The fraction of sp³-hybridized carbons (Fsp3) is 0.364. The summed E-state index contributed by atoms with van der Waals surface area (Å²) in [7, 11) is 0. The molecule has 0 bridgehead atoms. The highest BCUT2D eigenvalue weighted by Gasteiger charge is 2.24. The van der Waals surface area contributed by atoms with Gasteiger partial charge in [-0.3, -0.25) is 4.79 Å². The number of anilines is 1. The SMILES string of the molecule is Nc1c(C(=O)N(CCO)CC(F)F)sc2nccnc12. The summed E-state index contributed by atoms with van der Waals surface area (Å²) in [5, 5.41) is 8.86. The van der Waals surface area contributed by atoms with Gasteiger partial charge in [-0.2, -0.15) is 0 Å². The van der Waals surface area contributed by atoms with E-state index in [9.17, 15) is 13.6 Å². The number of fused-ring (bicyclic) bond motifs is 1. The van der Waals surface area contributed by atoms with E-state index in [4.69, 9.17) is 10.8 Å². The molecule has 0 aliphatic rings. The van der Waals surface area contributed by atoms with Crippen LogP contribution in [-0.2, 0) is 0 Å². The van der Waals surface area contributed by atoms with Gasteiger partial charge in [-0.1, -0.05) is 0 Å². The lowest BCUT2D eigenvalue weighted by Crippen LogP contribution is -2.37. The normalized spacial score (nSPS) is 11.2. The molecule has 0 aromatic carbocycles. The van der Waals surface area contributed by atoms with Crippen LogP contribution in [0.15, 0.2) is 12.4 Å². The van der Waals surface area contributed by atoms with Crippen LogP contribution in [0.4, 0.5) is 14.5 Å². The molecule has 2 heterocycles. The molecule has 2 aromatic rings. The van der Waals surface area contributed by atoms with E-state index in [0.717, 1.165) is 16.2 Å². The van der Waals surface area contributed by atoms with Crippen molar-refractivity contribution in [2.24, 2.45) is 0 Å².